The maximum atomic E-state index is 3.06. The Kier molecular flexibility index (Phi) is 8.67. The van der Waals surface area contributed by atoms with E-state index < -0.39 is 0 Å². The molecule has 0 atom stereocenters. The third kappa shape index (κ3) is 4.36. The van der Waals surface area contributed by atoms with Crippen molar-refractivity contribution in [2.24, 2.45) is 14.1 Å². The summed E-state index contributed by atoms with van der Waals surface area (Å²) in [4.78, 5) is 0. The van der Waals surface area contributed by atoms with Gasteiger partial charge >= 0.3 is 30.2 Å². The number of aryl methyl sites for hydroxylation is 4. The molecular weight excluding hydrogens is 484 g/mol. The topological polar surface area (TPSA) is 9.86 Å². The zero-order valence-electron chi connectivity index (χ0n) is 19.8. The fourth-order valence-electron chi connectivity index (χ4n) is 4.31. The summed E-state index contributed by atoms with van der Waals surface area (Å²) in [6, 6.07) is 26.2. The summed E-state index contributed by atoms with van der Waals surface area (Å²) in [7, 11) is 4.24. The van der Waals surface area contributed by atoms with Crippen molar-refractivity contribution in [2.75, 3.05) is 0 Å². The minimum atomic E-state index is 0. The van der Waals surface area contributed by atoms with Crippen molar-refractivity contribution in [3.8, 4) is 0 Å². The van der Waals surface area contributed by atoms with Crippen molar-refractivity contribution in [1.29, 1.82) is 0 Å². The first-order valence-electron chi connectivity index (χ1n) is 10.0. The van der Waals surface area contributed by atoms with Gasteiger partial charge in [0.05, 0.1) is 0 Å². The van der Waals surface area contributed by atoms with Crippen LogP contribution in [-0.2, 0) is 37.4 Å². The van der Waals surface area contributed by atoms with E-state index in [-0.39, 0.29) is 14.9 Å². The molecule has 0 bridgehead atoms. The summed E-state index contributed by atoms with van der Waals surface area (Å²) in [5.74, 6) is 0. The van der Waals surface area contributed by atoms with Crippen LogP contribution in [0, 0.1) is 28.7 Å². The van der Waals surface area contributed by atoms with Gasteiger partial charge < -0.3 is 24.0 Å². The van der Waals surface area contributed by atoms with Crippen LogP contribution in [0.2, 0.25) is 0 Å². The molecule has 2 nitrogen and oxygen atoms in total. The number of benzene rings is 2. The number of aromatic nitrogens is 2. The van der Waals surface area contributed by atoms with Gasteiger partial charge in [0.2, 0.25) is 0 Å². The van der Waals surface area contributed by atoms with Gasteiger partial charge in [0.1, 0.15) is 0 Å². The van der Waals surface area contributed by atoms with Gasteiger partial charge in [0.25, 0.3) is 0 Å². The summed E-state index contributed by atoms with van der Waals surface area (Å²) in [6.07, 6.45) is 0. The number of fused-ring (bicyclic) bond motifs is 6. The average molecular weight is 514 g/mol. The van der Waals surface area contributed by atoms with E-state index >= 15 is 0 Å². The molecule has 0 aliphatic heterocycles. The third-order valence-corrected chi connectivity index (χ3v) is 6.13. The predicted octanol–water partition coefficient (Wildman–Crippen LogP) is 7.23. The zero-order chi connectivity index (χ0) is 21.4. The number of hydrogen-bond donors (Lipinski definition) is 0. The summed E-state index contributed by atoms with van der Waals surface area (Å²) in [5.41, 5.74) is 5.31. The molecular formula is C28H30N2SiZr-4. The van der Waals surface area contributed by atoms with Crippen LogP contribution < -0.4 is 0 Å². The Balaban J connectivity index is 0.000000199. The molecule has 0 fully saturated rings. The maximum absolute atomic E-state index is 3.06. The Hall–Kier alpha value is -2.16. The fourth-order valence-corrected chi connectivity index (χ4v) is 4.31. The van der Waals surface area contributed by atoms with Crippen LogP contribution in [0.4, 0.5) is 0 Å². The van der Waals surface area contributed by atoms with Gasteiger partial charge in [0, 0.05) is 25.5 Å². The van der Waals surface area contributed by atoms with E-state index in [2.05, 4.69) is 117 Å². The van der Waals surface area contributed by atoms with E-state index in [1.807, 2.05) is 0 Å². The SMILES string of the molecule is Cc1cc2c3ccccc3[cH-]c2n1C.Cc1cc2c3ccccc3[cH-]c2n1C.[CH3-].[CH3-].[Si]=[Zr]. The second kappa shape index (κ2) is 10.6. The number of hydrogen-bond acceptors (Lipinski definition) is 0. The van der Waals surface area contributed by atoms with E-state index in [0.29, 0.717) is 0 Å². The molecule has 4 aromatic carbocycles. The molecule has 0 aliphatic rings. The van der Waals surface area contributed by atoms with Gasteiger partial charge in [-0.05, 0) is 24.9 Å². The molecule has 0 amide bonds. The Labute approximate surface area is 208 Å². The monoisotopic (exact) mass is 512 g/mol. The molecule has 0 spiro atoms. The Morgan fingerprint density at radius 2 is 0.969 bits per heavy atom. The van der Waals surface area contributed by atoms with Crippen molar-refractivity contribution in [2.45, 2.75) is 13.8 Å². The molecule has 4 heteroatoms. The second-order valence-electron chi connectivity index (χ2n) is 7.75. The molecule has 0 unspecified atom stereocenters. The van der Waals surface area contributed by atoms with E-state index in [1.54, 1.807) is 0 Å². The first-order chi connectivity index (χ1) is 14.5. The first-order valence-corrected chi connectivity index (χ1v) is 14.2. The molecule has 6 rings (SSSR count). The van der Waals surface area contributed by atoms with Crippen molar-refractivity contribution < 1.29 is 23.3 Å². The second-order valence-corrected chi connectivity index (χ2v) is 7.75. The van der Waals surface area contributed by atoms with Crippen LogP contribution in [0.3, 0.4) is 0 Å². The van der Waals surface area contributed by atoms with Crippen LogP contribution in [0.1, 0.15) is 11.4 Å². The van der Waals surface area contributed by atoms with Gasteiger partial charge in [-0.2, -0.15) is 0 Å². The van der Waals surface area contributed by atoms with Gasteiger partial charge in [0.15, 0.2) is 0 Å². The van der Waals surface area contributed by atoms with Crippen LogP contribution in [0.25, 0.3) is 43.4 Å². The van der Waals surface area contributed by atoms with Crippen LogP contribution in [-0.4, -0.2) is 16.0 Å². The van der Waals surface area contributed by atoms with E-state index in [0.717, 1.165) is 0 Å². The van der Waals surface area contributed by atoms with Crippen LogP contribution in [0.5, 0.6) is 0 Å². The normalized spacial score (nSPS) is 10.2. The summed E-state index contributed by atoms with van der Waals surface area (Å²) in [5, 5.41) is 8.17. The van der Waals surface area contributed by atoms with E-state index in [4.69, 9.17) is 0 Å². The molecule has 0 N–H and O–H groups in total. The van der Waals surface area contributed by atoms with Gasteiger partial charge in [-0.25, -0.2) is 0 Å². The Morgan fingerprint density at radius 3 is 1.34 bits per heavy atom. The molecule has 0 saturated heterocycles. The van der Waals surface area contributed by atoms with Crippen molar-refractivity contribution in [3.05, 3.63) is 99.0 Å². The fraction of sp³-hybridized carbons (Fsp3) is 0.143. The standard InChI is InChI=1S/2C13H12N.2CH3.Si.Zr/c2*1-9-7-12-11-6-4-3-5-10(11)8-13(12)14(9)2;;;;/h2*3-8H,1-2H3;2*1H3;;/q4*-1;;. The molecule has 0 aliphatic carbocycles. The van der Waals surface area contributed by atoms with E-state index in [9.17, 15) is 0 Å². The van der Waals surface area contributed by atoms with Gasteiger partial charge in [-0.1, -0.05) is 24.3 Å². The summed E-state index contributed by atoms with van der Waals surface area (Å²) >= 11 is 1.36. The van der Waals surface area contributed by atoms with Crippen molar-refractivity contribution in [1.82, 2.24) is 9.13 Å². The summed E-state index contributed by atoms with van der Waals surface area (Å²) < 4.78 is 4.49. The zero-order valence-corrected chi connectivity index (χ0v) is 23.3. The molecule has 0 saturated carbocycles. The Morgan fingerprint density at radius 1 is 0.625 bits per heavy atom. The molecule has 32 heavy (non-hydrogen) atoms. The van der Waals surface area contributed by atoms with Crippen LogP contribution in [0.15, 0.2) is 72.8 Å². The molecule has 2 radical (unpaired) electrons. The average Bonchev–Trinajstić information content (AvgIpc) is 3.47. The molecule has 2 heterocycles. The van der Waals surface area contributed by atoms with Gasteiger partial charge in [-0.15, -0.1) is 80.8 Å². The van der Waals surface area contributed by atoms with Crippen molar-refractivity contribution >= 4 is 50.2 Å². The Bertz CT molecular complexity index is 1360. The predicted molar refractivity (Wildman–Crippen MR) is 140 cm³/mol. The minimum absolute atomic E-state index is 0. The van der Waals surface area contributed by atoms with Crippen molar-refractivity contribution in [3.63, 3.8) is 0 Å². The first kappa shape index (κ1) is 26.1. The molecule has 2 aromatic heterocycles. The number of rotatable bonds is 0. The van der Waals surface area contributed by atoms with E-state index in [1.165, 1.54) is 78.1 Å². The molecule has 6 aromatic rings. The van der Waals surface area contributed by atoms with Gasteiger partial charge in [-0.3, -0.25) is 0 Å². The third-order valence-electron chi connectivity index (χ3n) is 6.13. The quantitative estimate of drug-likeness (QED) is 0.150. The van der Waals surface area contributed by atoms with Crippen LogP contribution >= 0.6 is 0 Å². The number of nitrogens with zero attached hydrogens (tertiary/aromatic N) is 2. The summed E-state index contributed by atoms with van der Waals surface area (Å²) in [6.45, 7) is 7.36. The molecule has 164 valence electrons.